The number of fused-ring (bicyclic) bond motifs is 2. The maximum Gasteiger partial charge on any atom is 0.417 e. The fraction of sp³-hybridized carbons (Fsp3) is 0.450. The highest BCUT2D eigenvalue weighted by Gasteiger charge is 2.55. The molecule has 0 aliphatic carbocycles. The maximum atomic E-state index is 12.9. The minimum atomic E-state index is -0.623. The van der Waals surface area contributed by atoms with Crippen molar-refractivity contribution in [3.8, 4) is 5.75 Å². The zero-order chi connectivity index (χ0) is 21.6. The molecule has 3 heterocycles. The van der Waals surface area contributed by atoms with E-state index in [9.17, 15) is 9.59 Å². The second-order valence-corrected chi connectivity index (χ2v) is 7.52. The number of hydrogen-bond acceptors (Lipinski definition) is 7. The average Bonchev–Trinajstić information content (AvgIpc) is 3.15. The fourth-order valence-corrected chi connectivity index (χ4v) is 3.85. The number of anilines is 1. The van der Waals surface area contributed by atoms with Crippen LogP contribution in [0.3, 0.4) is 0 Å². The van der Waals surface area contributed by atoms with Crippen LogP contribution in [0.2, 0.25) is 0 Å². The molecule has 3 aliphatic rings. The topological polar surface area (TPSA) is 92.8 Å². The lowest BCUT2D eigenvalue weighted by Crippen LogP contribution is -2.63. The molecule has 4 rings (SSSR count). The molecule has 0 radical (unpaired) electrons. The minimum absolute atomic E-state index is 0.104. The molecule has 0 bridgehead atoms. The third-order valence-corrected chi connectivity index (χ3v) is 5.70. The first-order valence-corrected chi connectivity index (χ1v) is 9.83. The van der Waals surface area contributed by atoms with Crippen molar-refractivity contribution in [3.63, 3.8) is 0 Å². The molecular weight excluding hydrogens is 386 g/mol. The van der Waals surface area contributed by atoms with Gasteiger partial charge in [-0.1, -0.05) is 11.1 Å². The van der Waals surface area contributed by atoms with Gasteiger partial charge in [0.05, 0.1) is 12.8 Å². The lowest BCUT2D eigenvalue weighted by molar-refractivity contribution is -0.559. The fourth-order valence-electron chi connectivity index (χ4n) is 3.85. The summed E-state index contributed by atoms with van der Waals surface area (Å²) in [7, 11) is 4.78. The number of ether oxygens (including phenoxy) is 1. The summed E-state index contributed by atoms with van der Waals surface area (Å²) in [6.07, 6.45) is 0. The molecular formula is C20H26N7O3+. The number of aliphatic imine (C=N–C) groups is 1. The van der Waals surface area contributed by atoms with Crippen molar-refractivity contribution in [2.75, 3.05) is 39.6 Å². The number of likely N-dealkylation sites (N-methyl/N-ethyl adjacent to an activating group) is 2. The van der Waals surface area contributed by atoms with E-state index in [1.807, 2.05) is 42.7 Å². The number of imide groups is 1. The zero-order valence-corrected chi connectivity index (χ0v) is 17.8. The first-order chi connectivity index (χ1) is 14.3. The van der Waals surface area contributed by atoms with Gasteiger partial charge in [-0.25, -0.2) is 9.37 Å². The first-order valence-electron chi connectivity index (χ1n) is 9.83. The van der Waals surface area contributed by atoms with Gasteiger partial charge in [-0.15, -0.1) is 10.1 Å². The molecule has 2 atom stereocenters. The summed E-state index contributed by atoms with van der Waals surface area (Å²) in [6.45, 7) is 5.08. The molecule has 2 unspecified atom stereocenters. The number of amides is 3. The third-order valence-electron chi connectivity index (χ3n) is 5.70. The Labute approximate surface area is 175 Å². The highest BCUT2D eigenvalue weighted by Crippen LogP contribution is 2.24. The van der Waals surface area contributed by atoms with Crippen molar-refractivity contribution in [2.24, 2.45) is 10.1 Å². The Kier molecular flexibility index (Phi) is 4.92. The second-order valence-electron chi connectivity index (χ2n) is 7.52. The van der Waals surface area contributed by atoms with Crippen molar-refractivity contribution < 1.29 is 18.9 Å². The van der Waals surface area contributed by atoms with E-state index in [1.165, 1.54) is 11.9 Å². The zero-order valence-electron chi connectivity index (χ0n) is 17.8. The predicted molar refractivity (Wildman–Crippen MR) is 113 cm³/mol. The number of carbonyl (C=O) groups excluding carboxylic acids is 2. The number of amidine groups is 1. The van der Waals surface area contributed by atoms with E-state index >= 15 is 0 Å². The number of carbonyl (C=O) groups is 2. The molecule has 1 fully saturated rings. The molecule has 0 saturated carbocycles. The molecule has 10 nitrogen and oxygen atoms in total. The number of nitrogens with one attached hydrogen (secondary N) is 1. The van der Waals surface area contributed by atoms with Gasteiger partial charge in [0.2, 0.25) is 11.9 Å². The van der Waals surface area contributed by atoms with Gasteiger partial charge in [0.15, 0.2) is 0 Å². The molecule has 1 saturated heterocycles. The Morgan fingerprint density at radius 2 is 2.00 bits per heavy atom. The van der Waals surface area contributed by atoms with E-state index < -0.39 is 6.04 Å². The van der Waals surface area contributed by atoms with Crippen LogP contribution in [-0.2, 0) is 4.79 Å². The molecule has 3 amide bonds. The summed E-state index contributed by atoms with van der Waals surface area (Å²) in [4.78, 5) is 32.5. The van der Waals surface area contributed by atoms with Gasteiger partial charge in [-0.3, -0.25) is 14.6 Å². The van der Waals surface area contributed by atoms with Crippen molar-refractivity contribution in [2.45, 2.75) is 25.9 Å². The number of rotatable bonds is 5. The molecule has 30 heavy (non-hydrogen) atoms. The van der Waals surface area contributed by atoms with E-state index in [4.69, 9.17) is 4.74 Å². The van der Waals surface area contributed by atoms with Gasteiger partial charge in [0, 0.05) is 32.4 Å². The molecule has 10 heteroatoms. The van der Waals surface area contributed by atoms with Crippen LogP contribution in [0.5, 0.6) is 5.75 Å². The predicted octanol–water partition coefficient (Wildman–Crippen LogP) is 0.860. The van der Waals surface area contributed by atoms with Crippen LogP contribution >= 0.6 is 0 Å². The molecule has 3 aliphatic heterocycles. The van der Waals surface area contributed by atoms with Gasteiger partial charge in [0.25, 0.3) is 5.91 Å². The first kappa shape index (κ1) is 19.9. The van der Waals surface area contributed by atoms with Crippen molar-refractivity contribution in [3.05, 3.63) is 24.3 Å². The Morgan fingerprint density at radius 1 is 1.23 bits per heavy atom. The second kappa shape index (κ2) is 7.43. The van der Waals surface area contributed by atoms with Gasteiger partial charge in [-0.2, -0.15) is 0 Å². The van der Waals surface area contributed by atoms with E-state index in [0.29, 0.717) is 24.9 Å². The maximum absolute atomic E-state index is 12.9. The highest BCUT2D eigenvalue weighted by molar-refractivity contribution is 6.23. The van der Waals surface area contributed by atoms with Crippen molar-refractivity contribution in [1.82, 2.24) is 14.8 Å². The van der Waals surface area contributed by atoms with Crippen LogP contribution in [-0.4, -0.2) is 95.2 Å². The molecule has 1 aromatic rings. The summed E-state index contributed by atoms with van der Waals surface area (Å²) in [5, 5.41) is 9.84. The number of guanidine groups is 1. The lowest BCUT2D eigenvalue weighted by atomic mass is 10.1. The van der Waals surface area contributed by atoms with E-state index in [0.717, 1.165) is 22.0 Å². The number of benzene rings is 1. The highest BCUT2D eigenvalue weighted by atomic mass is 16.5. The normalized spacial score (nSPS) is 23.3. The van der Waals surface area contributed by atoms with Crippen LogP contribution in [0.1, 0.15) is 13.8 Å². The van der Waals surface area contributed by atoms with Crippen LogP contribution in [0.25, 0.3) is 0 Å². The third kappa shape index (κ3) is 3.08. The van der Waals surface area contributed by atoms with Crippen LogP contribution < -0.4 is 10.1 Å². The van der Waals surface area contributed by atoms with Crippen LogP contribution in [0.4, 0.5) is 10.5 Å². The van der Waals surface area contributed by atoms with Gasteiger partial charge >= 0.3 is 12.0 Å². The minimum Gasteiger partial charge on any atom is -0.497 e. The molecule has 0 spiro atoms. The SMILES string of the molecule is COc1cccc(NCCN2N=C(C)C(C)[N+]3=C2N=C2C3C(=O)N(C)C(=O)N2C)c1. The average molecular weight is 412 g/mol. The van der Waals surface area contributed by atoms with Crippen LogP contribution in [0, 0.1) is 0 Å². The summed E-state index contributed by atoms with van der Waals surface area (Å²) < 4.78 is 7.21. The Balaban J connectivity index is 1.57. The quantitative estimate of drug-likeness (QED) is 0.724. The number of methoxy groups -OCH3 is 1. The number of nitrogens with zero attached hydrogens (tertiary/aromatic N) is 6. The van der Waals surface area contributed by atoms with Gasteiger partial charge < -0.3 is 10.1 Å². The Bertz CT molecular complexity index is 1000. The summed E-state index contributed by atoms with van der Waals surface area (Å²) in [6, 6.07) is 6.59. The molecule has 1 aromatic carbocycles. The Morgan fingerprint density at radius 3 is 2.73 bits per heavy atom. The molecule has 158 valence electrons. The van der Waals surface area contributed by atoms with Crippen LogP contribution in [0.15, 0.2) is 34.4 Å². The standard InChI is InChI=1S/C20H26N7O3/c1-12-13(2)27-16-17(24(3)20(29)25(4)18(16)28)22-19(27)26(23-12)10-9-21-14-7-6-8-15(11-14)30-5/h6-8,11,13,16,21H,9-10H2,1-5H3/q+1. The van der Waals surface area contributed by atoms with Crippen molar-refractivity contribution >= 4 is 35.1 Å². The van der Waals surface area contributed by atoms with Gasteiger partial charge in [-0.05, 0) is 26.0 Å². The van der Waals surface area contributed by atoms with E-state index in [-0.39, 0.29) is 18.0 Å². The molecule has 1 N–H and O–H groups in total. The van der Waals surface area contributed by atoms with Gasteiger partial charge in [0.1, 0.15) is 18.3 Å². The number of hydrazone groups is 1. The molecule has 0 aromatic heterocycles. The Hall–Kier alpha value is -3.43. The largest absolute Gasteiger partial charge is 0.497 e. The monoisotopic (exact) mass is 412 g/mol. The smallest absolute Gasteiger partial charge is 0.417 e. The number of hydrogen-bond donors (Lipinski definition) is 1. The summed E-state index contributed by atoms with van der Waals surface area (Å²) in [5.74, 6) is 1.54. The van der Waals surface area contributed by atoms with E-state index in [2.05, 4.69) is 15.4 Å². The summed E-state index contributed by atoms with van der Waals surface area (Å²) >= 11 is 0. The summed E-state index contributed by atoms with van der Waals surface area (Å²) in [5.41, 5.74) is 1.82. The van der Waals surface area contributed by atoms with E-state index in [1.54, 1.807) is 19.2 Å². The lowest BCUT2D eigenvalue weighted by Gasteiger charge is -2.33. The number of urea groups is 1. The van der Waals surface area contributed by atoms with Crippen molar-refractivity contribution in [1.29, 1.82) is 0 Å².